The van der Waals surface area contributed by atoms with Crippen LogP contribution < -0.4 is 10.5 Å². The van der Waals surface area contributed by atoms with Gasteiger partial charge in [-0.2, -0.15) is 0 Å². The zero-order valence-electron chi connectivity index (χ0n) is 13.7. The molecular weight excluding hydrogens is 359 g/mol. The number of nitrogens with zero attached hydrogens (tertiary/aromatic N) is 1. The van der Waals surface area contributed by atoms with Crippen molar-refractivity contribution in [3.8, 4) is 5.75 Å². The first-order valence-electron chi connectivity index (χ1n) is 8.25. The van der Waals surface area contributed by atoms with Crippen LogP contribution in [0.4, 0.5) is 0 Å². The van der Waals surface area contributed by atoms with Gasteiger partial charge in [-0.3, -0.25) is 4.79 Å². The van der Waals surface area contributed by atoms with Crippen LogP contribution in [0.3, 0.4) is 0 Å². The number of likely N-dealkylation sites (tertiary alicyclic amines) is 1. The largest absolute Gasteiger partial charge is 0.476 e. The Morgan fingerprint density at radius 2 is 1.76 bits per heavy atom. The summed E-state index contributed by atoms with van der Waals surface area (Å²) in [5, 5.41) is 0.837. The minimum absolute atomic E-state index is 0.0656. The monoisotopic (exact) mass is 378 g/mol. The topological polar surface area (TPSA) is 55.6 Å². The molecular formula is C19H20Cl2N2O2. The van der Waals surface area contributed by atoms with Crippen molar-refractivity contribution in [3.05, 3.63) is 64.1 Å². The first-order chi connectivity index (χ1) is 12.0. The van der Waals surface area contributed by atoms with Crippen molar-refractivity contribution in [2.24, 2.45) is 5.73 Å². The van der Waals surface area contributed by atoms with Gasteiger partial charge in [0.05, 0.1) is 10.0 Å². The zero-order valence-corrected chi connectivity index (χ0v) is 15.2. The third kappa shape index (κ3) is 4.46. The van der Waals surface area contributed by atoms with Crippen LogP contribution in [0.15, 0.2) is 48.5 Å². The molecule has 0 bridgehead atoms. The lowest BCUT2D eigenvalue weighted by Crippen LogP contribution is -2.45. The molecule has 1 amide bonds. The fourth-order valence-electron chi connectivity index (χ4n) is 2.86. The lowest BCUT2D eigenvalue weighted by atomic mass is 10.0. The quantitative estimate of drug-likeness (QED) is 0.872. The van der Waals surface area contributed by atoms with Crippen molar-refractivity contribution in [1.29, 1.82) is 0 Å². The first kappa shape index (κ1) is 18.1. The Labute approximate surface area is 157 Å². The van der Waals surface area contributed by atoms with Gasteiger partial charge >= 0.3 is 0 Å². The molecule has 0 spiro atoms. The second-order valence-corrected chi connectivity index (χ2v) is 6.96. The smallest absolute Gasteiger partial charge is 0.268 e. The SMILES string of the molecule is NC1CCN(C(=O)C(Oc2ccc(Cl)c(Cl)c2)c2ccccc2)CC1. The number of halogens is 2. The van der Waals surface area contributed by atoms with Crippen LogP contribution in [0, 0.1) is 0 Å². The standard InChI is InChI=1S/C19H20Cl2N2O2/c20-16-7-6-15(12-17(16)21)25-18(13-4-2-1-3-5-13)19(24)23-10-8-14(22)9-11-23/h1-7,12,14,18H,8-11,22H2. The van der Waals surface area contributed by atoms with E-state index in [9.17, 15) is 4.79 Å². The maximum absolute atomic E-state index is 13.1. The zero-order chi connectivity index (χ0) is 17.8. The number of rotatable bonds is 4. The summed E-state index contributed by atoms with van der Waals surface area (Å²) >= 11 is 12.0. The van der Waals surface area contributed by atoms with E-state index in [-0.39, 0.29) is 11.9 Å². The highest BCUT2D eigenvalue weighted by Crippen LogP contribution is 2.30. The molecule has 132 valence electrons. The molecule has 1 aliphatic rings. The number of carbonyl (C=O) groups excluding carboxylic acids is 1. The molecule has 0 radical (unpaired) electrons. The van der Waals surface area contributed by atoms with Crippen LogP contribution in [0.25, 0.3) is 0 Å². The van der Waals surface area contributed by atoms with Crippen molar-refractivity contribution in [1.82, 2.24) is 4.90 Å². The number of hydrogen-bond acceptors (Lipinski definition) is 3. The number of carbonyl (C=O) groups is 1. The summed E-state index contributed by atoms with van der Waals surface area (Å²) < 4.78 is 6.01. The van der Waals surface area contributed by atoms with Crippen LogP contribution in [0.2, 0.25) is 10.0 Å². The molecule has 1 unspecified atom stereocenters. The molecule has 2 aromatic carbocycles. The van der Waals surface area contributed by atoms with Gasteiger partial charge in [-0.1, -0.05) is 53.5 Å². The molecule has 1 aliphatic heterocycles. The van der Waals surface area contributed by atoms with E-state index in [1.165, 1.54) is 0 Å². The van der Waals surface area contributed by atoms with Crippen LogP contribution in [0.5, 0.6) is 5.75 Å². The molecule has 0 saturated carbocycles. The fraction of sp³-hybridized carbons (Fsp3) is 0.316. The van der Waals surface area contributed by atoms with Gasteiger partial charge in [0.25, 0.3) is 5.91 Å². The number of benzene rings is 2. The van der Waals surface area contributed by atoms with Gasteiger partial charge in [-0.15, -0.1) is 0 Å². The Kier molecular flexibility index (Phi) is 5.84. The normalized spacial score (nSPS) is 16.5. The number of piperidine rings is 1. The lowest BCUT2D eigenvalue weighted by molar-refractivity contribution is -0.140. The molecule has 4 nitrogen and oxygen atoms in total. The minimum atomic E-state index is -0.729. The molecule has 0 aliphatic carbocycles. The average molecular weight is 379 g/mol. The number of nitrogens with two attached hydrogens (primary N) is 1. The predicted octanol–water partition coefficient (Wildman–Crippen LogP) is 4.06. The Morgan fingerprint density at radius 3 is 2.40 bits per heavy atom. The van der Waals surface area contributed by atoms with Gasteiger partial charge < -0.3 is 15.4 Å². The highest BCUT2D eigenvalue weighted by atomic mass is 35.5. The van der Waals surface area contributed by atoms with Crippen LogP contribution >= 0.6 is 23.2 Å². The molecule has 1 fully saturated rings. The van der Waals surface area contributed by atoms with E-state index in [1.807, 2.05) is 35.2 Å². The summed E-state index contributed by atoms with van der Waals surface area (Å²) in [5.41, 5.74) is 6.74. The highest BCUT2D eigenvalue weighted by molar-refractivity contribution is 6.42. The second kappa shape index (κ2) is 8.09. The minimum Gasteiger partial charge on any atom is -0.476 e. The van der Waals surface area contributed by atoms with E-state index >= 15 is 0 Å². The van der Waals surface area contributed by atoms with Gasteiger partial charge in [-0.05, 0) is 25.0 Å². The molecule has 1 atom stereocenters. The molecule has 2 aromatic rings. The van der Waals surface area contributed by atoms with Crippen molar-refractivity contribution in [3.63, 3.8) is 0 Å². The van der Waals surface area contributed by atoms with Crippen molar-refractivity contribution >= 4 is 29.1 Å². The Hall–Kier alpha value is -1.75. The second-order valence-electron chi connectivity index (χ2n) is 6.15. The van der Waals surface area contributed by atoms with Gasteiger partial charge in [0, 0.05) is 30.8 Å². The van der Waals surface area contributed by atoms with E-state index in [0.717, 1.165) is 18.4 Å². The fourth-order valence-corrected chi connectivity index (χ4v) is 3.15. The number of amides is 1. The summed E-state index contributed by atoms with van der Waals surface area (Å²) in [6, 6.07) is 14.6. The molecule has 2 N–H and O–H groups in total. The Morgan fingerprint density at radius 1 is 1.08 bits per heavy atom. The number of hydrogen-bond donors (Lipinski definition) is 1. The van der Waals surface area contributed by atoms with E-state index in [4.69, 9.17) is 33.7 Å². The predicted molar refractivity (Wildman–Crippen MR) is 100 cm³/mol. The summed E-state index contributed by atoms with van der Waals surface area (Å²) in [7, 11) is 0. The Bertz CT molecular complexity index is 731. The maximum Gasteiger partial charge on any atom is 0.268 e. The van der Waals surface area contributed by atoms with Crippen LogP contribution in [-0.4, -0.2) is 29.9 Å². The van der Waals surface area contributed by atoms with Gasteiger partial charge in [0.1, 0.15) is 5.75 Å². The van der Waals surface area contributed by atoms with Crippen molar-refractivity contribution in [2.45, 2.75) is 25.0 Å². The molecule has 0 aromatic heterocycles. The Balaban J connectivity index is 1.84. The van der Waals surface area contributed by atoms with Gasteiger partial charge in [0.2, 0.25) is 6.10 Å². The summed E-state index contributed by atoms with van der Waals surface area (Å²) in [4.78, 5) is 14.9. The van der Waals surface area contributed by atoms with Gasteiger partial charge in [-0.25, -0.2) is 0 Å². The highest BCUT2D eigenvalue weighted by Gasteiger charge is 2.30. The van der Waals surface area contributed by atoms with Crippen molar-refractivity contribution < 1.29 is 9.53 Å². The molecule has 6 heteroatoms. The summed E-state index contributed by atoms with van der Waals surface area (Å²) in [6.45, 7) is 1.29. The molecule has 3 rings (SSSR count). The van der Waals surface area contributed by atoms with Crippen molar-refractivity contribution in [2.75, 3.05) is 13.1 Å². The lowest BCUT2D eigenvalue weighted by Gasteiger charge is -2.33. The third-order valence-corrected chi connectivity index (χ3v) is 5.06. The summed E-state index contributed by atoms with van der Waals surface area (Å²) in [6.07, 6.45) is 0.882. The molecule has 25 heavy (non-hydrogen) atoms. The van der Waals surface area contributed by atoms with Gasteiger partial charge in [0.15, 0.2) is 0 Å². The third-order valence-electron chi connectivity index (χ3n) is 4.32. The van der Waals surface area contributed by atoms with E-state index < -0.39 is 6.10 Å². The molecule has 1 saturated heterocycles. The maximum atomic E-state index is 13.1. The average Bonchev–Trinajstić information content (AvgIpc) is 2.63. The van der Waals surface area contributed by atoms with E-state index in [1.54, 1.807) is 18.2 Å². The van der Waals surface area contributed by atoms with E-state index in [0.29, 0.717) is 28.9 Å². The first-order valence-corrected chi connectivity index (χ1v) is 9.01. The van der Waals surface area contributed by atoms with Crippen LogP contribution in [0.1, 0.15) is 24.5 Å². The number of ether oxygens (including phenoxy) is 1. The van der Waals surface area contributed by atoms with E-state index in [2.05, 4.69) is 0 Å². The summed E-state index contributed by atoms with van der Waals surface area (Å²) in [5.74, 6) is 0.439. The molecule has 1 heterocycles. The van der Waals surface area contributed by atoms with Crippen LogP contribution in [-0.2, 0) is 4.79 Å².